The van der Waals surface area contributed by atoms with Crippen LogP contribution >= 0.6 is 12.4 Å². The Kier molecular flexibility index (Phi) is 7.11. The molecular weight excluding hydrogens is 319 g/mol. The molecule has 0 aromatic heterocycles. The molecule has 1 aromatic carbocycles. The number of nitrogens with zero attached hydrogens (tertiary/aromatic N) is 1. The molecule has 1 saturated heterocycles. The van der Waals surface area contributed by atoms with Gasteiger partial charge >= 0.3 is 0 Å². The summed E-state index contributed by atoms with van der Waals surface area (Å²) in [6.45, 7) is 10.1. The highest BCUT2D eigenvalue weighted by Gasteiger charge is 2.35. The van der Waals surface area contributed by atoms with Crippen LogP contribution in [0.25, 0.3) is 0 Å². The summed E-state index contributed by atoms with van der Waals surface area (Å²) in [6, 6.07) is 3.20. The number of halogens is 2. The largest absolute Gasteiger partial charge is 0.493 e. The molecule has 4 nitrogen and oxygen atoms in total. The normalized spacial score (nSPS) is 17.3. The summed E-state index contributed by atoms with van der Waals surface area (Å²) < 4.78 is 25.3. The molecule has 1 atom stereocenters. The molecule has 0 radical (unpaired) electrons. The molecular formula is C17H28ClFN2O2. The Bertz CT molecular complexity index is 514. The Balaban J connectivity index is 0.00000264. The van der Waals surface area contributed by atoms with Gasteiger partial charge < -0.3 is 14.8 Å². The van der Waals surface area contributed by atoms with Crippen molar-refractivity contribution in [2.24, 2.45) is 5.41 Å². The topological polar surface area (TPSA) is 33.7 Å². The second kappa shape index (κ2) is 8.18. The van der Waals surface area contributed by atoms with E-state index >= 15 is 0 Å². The predicted molar refractivity (Wildman–Crippen MR) is 93.4 cm³/mol. The number of benzene rings is 1. The van der Waals surface area contributed by atoms with Gasteiger partial charge in [0.1, 0.15) is 5.82 Å². The van der Waals surface area contributed by atoms with Crippen LogP contribution in [0.5, 0.6) is 11.5 Å². The Hall–Kier alpha value is -1.04. The first-order valence-electron chi connectivity index (χ1n) is 7.74. The first kappa shape index (κ1) is 20.0. The number of piperazine rings is 1. The first-order chi connectivity index (χ1) is 10.4. The Morgan fingerprint density at radius 3 is 2.09 bits per heavy atom. The lowest BCUT2D eigenvalue weighted by Gasteiger charge is -2.42. The third kappa shape index (κ3) is 4.49. The highest BCUT2D eigenvalue weighted by molar-refractivity contribution is 5.85. The van der Waals surface area contributed by atoms with Crippen molar-refractivity contribution in [3.8, 4) is 11.5 Å². The molecule has 0 bridgehead atoms. The molecule has 0 saturated carbocycles. The summed E-state index contributed by atoms with van der Waals surface area (Å²) in [4.78, 5) is 2.35. The third-order valence-corrected chi connectivity index (χ3v) is 4.13. The van der Waals surface area contributed by atoms with Crippen molar-refractivity contribution in [2.45, 2.75) is 26.8 Å². The molecule has 23 heavy (non-hydrogen) atoms. The van der Waals surface area contributed by atoms with Crippen LogP contribution in [0.1, 0.15) is 32.4 Å². The van der Waals surface area contributed by atoms with Crippen LogP contribution in [-0.4, -0.2) is 45.3 Å². The van der Waals surface area contributed by atoms with Crippen LogP contribution in [0.4, 0.5) is 4.39 Å². The van der Waals surface area contributed by atoms with Gasteiger partial charge in [0.2, 0.25) is 0 Å². The third-order valence-electron chi connectivity index (χ3n) is 4.13. The van der Waals surface area contributed by atoms with Crippen LogP contribution in [0, 0.1) is 11.2 Å². The van der Waals surface area contributed by atoms with E-state index in [1.54, 1.807) is 13.2 Å². The smallest absolute Gasteiger partial charge is 0.163 e. The van der Waals surface area contributed by atoms with Crippen molar-refractivity contribution in [1.29, 1.82) is 0 Å². The van der Waals surface area contributed by atoms with Gasteiger partial charge in [0.05, 0.1) is 14.2 Å². The first-order valence-corrected chi connectivity index (χ1v) is 7.74. The average molecular weight is 347 g/mol. The minimum atomic E-state index is -0.240. The number of nitrogens with one attached hydrogen (secondary N) is 1. The molecule has 0 unspecified atom stereocenters. The van der Waals surface area contributed by atoms with E-state index < -0.39 is 0 Å². The van der Waals surface area contributed by atoms with Crippen LogP contribution < -0.4 is 14.8 Å². The van der Waals surface area contributed by atoms with E-state index in [0.717, 1.165) is 26.2 Å². The summed E-state index contributed by atoms with van der Waals surface area (Å²) in [7, 11) is 3.10. The summed E-state index contributed by atoms with van der Waals surface area (Å²) in [6.07, 6.45) is 0. The number of hydrogen-bond acceptors (Lipinski definition) is 4. The molecule has 1 N–H and O–H groups in total. The fraction of sp³-hybridized carbons (Fsp3) is 0.647. The molecule has 0 spiro atoms. The van der Waals surface area contributed by atoms with Gasteiger partial charge in [-0.3, -0.25) is 4.90 Å². The van der Waals surface area contributed by atoms with Gasteiger partial charge in [-0.2, -0.15) is 0 Å². The lowest BCUT2D eigenvalue weighted by atomic mass is 9.80. The summed E-state index contributed by atoms with van der Waals surface area (Å²) in [5, 5.41) is 3.35. The maximum Gasteiger partial charge on any atom is 0.163 e. The maximum absolute atomic E-state index is 14.7. The van der Waals surface area contributed by atoms with Gasteiger partial charge in [-0.15, -0.1) is 12.4 Å². The molecule has 0 amide bonds. The van der Waals surface area contributed by atoms with E-state index in [1.807, 2.05) is 0 Å². The van der Waals surface area contributed by atoms with E-state index in [9.17, 15) is 4.39 Å². The van der Waals surface area contributed by atoms with Gasteiger partial charge in [0.15, 0.2) is 11.5 Å². The summed E-state index contributed by atoms with van der Waals surface area (Å²) in [5.41, 5.74) is 0.588. The van der Waals surface area contributed by atoms with Crippen LogP contribution in [0.3, 0.4) is 0 Å². The lowest BCUT2D eigenvalue weighted by Crippen LogP contribution is -2.48. The molecule has 1 aliphatic rings. The van der Waals surface area contributed by atoms with Gasteiger partial charge in [-0.05, 0) is 11.5 Å². The fourth-order valence-corrected chi connectivity index (χ4v) is 3.23. The van der Waals surface area contributed by atoms with Crippen molar-refractivity contribution < 1.29 is 13.9 Å². The monoisotopic (exact) mass is 346 g/mol. The van der Waals surface area contributed by atoms with E-state index in [0.29, 0.717) is 17.1 Å². The predicted octanol–water partition coefficient (Wildman–Crippen LogP) is 3.26. The van der Waals surface area contributed by atoms with Crippen molar-refractivity contribution >= 4 is 12.4 Å². The number of hydrogen-bond donors (Lipinski definition) is 1. The number of rotatable bonds is 4. The van der Waals surface area contributed by atoms with E-state index in [1.165, 1.54) is 13.2 Å². The minimum absolute atomic E-state index is 0. The Morgan fingerprint density at radius 1 is 1.09 bits per heavy atom. The zero-order valence-electron chi connectivity index (χ0n) is 14.6. The second-order valence-corrected chi connectivity index (χ2v) is 6.78. The Labute approximate surface area is 144 Å². The van der Waals surface area contributed by atoms with Crippen LogP contribution in [0.15, 0.2) is 12.1 Å². The van der Waals surface area contributed by atoms with Gasteiger partial charge in [0.25, 0.3) is 0 Å². The highest BCUT2D eigenvalue weighted by Crippen LogP contribution is 2.42. The zero-order valence-corrected chi connectivity index (χ0v) is 15.4. The maximum atomic E-state index is 14.7. The highest BCUT2D eigenvalue weighted by atomic mass is 35.5. The fourth-order valence-electron chi connectivity index (χ4n) is 3.23. The zero-order chi connectivity index (χ0) is 16.3. The van der Waals surface area contributed by atoms with Gasteiger partial charge in [-0.1, -0.05) is 20.8 Å². The van der Waals surface area contributed by atoms with Crippen molar-refractivity contribution in [2.75, 3.05) is 40.4 Å². The molecule has 1 aliphatic heterocycles. The molecule has 0 aliphatic carbocycles. The lowest BCUT2D eigenvalue weighted by molar-refractivity contribution is 0.0831. The van der Waals surface area contributed by atoms with E-state index in [4.69, 9.17) is 9.47 Å². The van der Waals surface area contributed by atoms with Crippen LogP contribution in [0.2, 0.25) is 0 Å². The average Bonchev–Trinajstić information content (AvgIpc) is 2.48. The molecule has 1 aromatic rings. The molecule has 132 valence electrons. The van der Waals surface area contributed by atoms with E-state index in [-0.39, 0.29) is 29.7 Å². The molecule has 1 heterocycles. The minimum Gasteiger partial charge on any atom is -0.493 e. The standard InChI is InChI=1S/C17H27FN2O2.ClH/c1-17(2,3)16(20-8-6-19-7-9-20)12-10-14(21-4)15(22-5)11-13(12)18;/h10-11,16,19H,6-9H2,1-5H3;1H/t16-;/m0./s1. The SMILES string of the molecule is COc1cc(F)c([C@H](N2CCNCC2)C(C)(C)C)cc1OC.Cl. The molecule has 2 rings (SSSR count). The van der Waals surface area contributed by atoms with Crippen molar-refractivity contribution in [3.05, 3.63) is 23.5 Å². The number of ether oxygens (including phenoxy) is 2. The Morgan fingerprint density at radius 2 is 1.61 bits per heavy atom. The quantitative estimate of drug-likeness (QED) is 0.907. The van der Waals surface area contributed by atoms with Crippen molar-refractivity contribution in [1.82, 2.24) is 10.2 Å². The van der Waals surface area contributed by atoms with E-state index in [2.05, 4.69) is 31.0 Å². The summed E-state index contributed by atoms with van der Waals surface area (Å²) in [5.74, 6) is 0.760. The molecule has 1 fully saturated rings. The van der Waals surface area contributed by atoms with Crippen molar-refractivity contribution in [3.63, 3.8) is 0 Å². The van der Waals surface area contributed by atoms with Gasteiger partial charge in [0, 0.05) is 43.9 Å². The number of methoxy groups -OCH3 is 2. The van der Waals surface area contributed by atoms with Crippen LogP contribution in [-0.2, 0) is 0 Å². The second-order valence-electron chi connectivity index (χ2n) is 6.78. The van der Waals surface area contributed by atoms with Gasteiger partial charge in [-0.25, -0.2) is 4.39 Å². The molecule has 6 heteroatoms. The summed E-state index contributed by atoms with van der Waals surface area (Å²) >= 11 is 0.